The SMILES string of the molecule is CC(C)(C)c1cc(B2OC(C)(C)C(C)(C)O2)c2cc(-c3ccccc3)oc2c1. The normalized spacial score (nSPS) is 18.8. The molecule has 0 amide bonds. The van der Waals surface area contributed by atoms with Crippen LogP contribution in [-0.4, -0.2) is 18.3 Å². The van der Waals surface area contributed by atoms with E-state index in [0.29, 0.717) is 0 Å². The van der Waals surface area contributed by atoms with Crippen molar-refractivity contribution in [1.29, 1.82) is 0 Å². The molecule has 1 aliphatic rings. The second kappa shape index (κ2) is 6.23. The van der Waals surface area contributed by atoms with Crippen LogP contribution in [0.15, 0.2) is 52.9 Å². The van der Waals surface area contributed by atoms with Gasteiger partial charge in [-0.05, 0) is 56.3 Å². The highest BCUT2D eigenvalue weighted by atomic mass is 16.7. The smallest absolute Gasteiger partial charge is 0.456 e. The number of hydrogen-bond acceptors (Lipinski definition) is 3. The Kier molecular flexibility index (Phi) is 4.29. The van der Waals surface area contributed by atoms with Crippen LogP contribution in [0.5, 0.6) is 0 Å². The number of benzene rings is 2. The maximum atomic E-state index is 6.38. The average Bonchev–Trinajstić information content (AvgIpc) is 3.12. The summed E-state index contributed by atoms with van der Waals surface area (Å²) >= 11 is 0. The first kappa shape index (κ1) is 19.3. The van der Waals surface area contributed by atoms with E-state index >= 15 is 0 Å². The Morgan fingerprint density at radius 1 is 0.821 bits per heavy atom. The predicted octanol–water partition coefficient (Wildman–Crippen LogP) is 5.70. The van der Waals surface area contributed by atoms with Gasteiger partial charge in [0.15, 0.2) is 0 Å². The van der Waals surface area contributed by atoms with Crippen LogP contribution in [0.4, 0.5) is 0 Å². The van der Waals surface area contributed by atoms with Crippen LogP contribution in [0.3, 0.4) is 0 Å². The molecule has 1 fully saturated rings. The second-order valence-corrected chi connectivity index (χ2v) is 9.79. The minimum absolute atomic E-state index is 0.00766. The minimum Gasteiger partial charge on any atom is -0.456 e. The van der Waals surface area contributed by atoms with E-state index < -0.39 is 7.12 Å². The van der Waals surface area contributed by atoms with Crippen LogP contribution >= 0.6 is 0 Å². The summed E-state index contributed by atoms with van der Waals surface area (Å²) in [4.78, 5) is 0. The molecule has 0 aliphatic carbocycles. The number of furan rings is 1. The molecule has 2 heterocycles. The van der Waals surface area contributed by atoms with Gasteiger partial charge in [0.25, 0.3) is 0 Å². The van der Waals surface area contributed by atoms with Gasteiger partial charge in [-0.2, -0.15) is 0 Å². The Bertz CT molecular complexity index is 994. The third-order valence-corrected chi connectivity index (χ3v) is 6.10. The molecule has 0 N–H and O–H groups in total. The monoisotopic (exact) mass is 376 g/mol. The van der Waals surface area contributed by atoms with Gasteiger partial charge in [-0.3, -0.25) is 0 Å². The molecule has 4 heteroatoms. The molecule has 0 bridgehead atoms. The van der Waals surface area contributed by atoms with E-state index in [4.69, 9.17) is 13.7 Å². The summed E-state index contributed by atoms with van der Waals surface area (Å²) < 4.78 is 19.0. The number of fused-ring (bicyclic) bond motifs is 1. The standard InChI is InChI=1S/C24H29BO3/c1-22(2,3)17-13-19(25-27-23(4,5)24(6,7)28-25)18-15-20(26-21(18)14-17)16-11-9-8-10-12-16/h8-15H,1-7H3. The van der Waals surface area contributed by atoms with Crippen molar-refractivity contribution in [3.8, 4) is 11.3 Å². The first-order chi connectivity index (χ1) is 13.0. The van der Waals surface area contributed by atoms with Crippen LogP contribution in [0, 0.1) is 0 Å². The third kappa shape index (κ3) is 3.19. The van der Waals surface area contributed by atoms with Gasteiger partial charge < -0.3 is 13.7 Å². The highest BCUT2D eigenvalue weighted by Crippen LogP contribution is 2.38. The molecule has 0 radical (unpaired) electrons. The summed E-state index contributed by atoms with van der Waals surface area (Å²) in [5, 5.41) is 1.05. The van der Waals surface area contributed by atoms with Gasteiger partial charge in [0, 0.05) is 10.9 Å². The van der Waals surface area contributed by atoms with Crippen molar-refractivity contribution in [1.82, 2.24) is 0 Å². The van der Waals surface area contributed by atoms with Crippen molar-refractivity contribution in [2.45, 2.75) is 65.1 Å². The molecule has 0 atom stereocenters. The van der Waals surface area contributed by atoms with Crippen LogP contribution < -0.4 is 5.46 Å². The van der Waals surface area contributed by atoms with Crippen molar-refractivity contribution >= 4 is 23.6 Å². The van der Waals surface area contributed by atoms with Crippen molar-refractivity contribution in [3.05, 3.63) is 54.1 Å². The molecule has 0 spiro atoms. The molecular weight excluding hydrogens is 347 g/mol. The van der Waals surface area contributed by atoms with Crippen LogP contribution in [-0.2, 0) is 14.7 Å². The fourth-order valence-corrected chi connectivity index (χ4v) is 3.51. The fraction of sp³-hybridized carbons (Fsp3) is 0.417. The summed E-state index contributed by atoms with van der Waals surface area (Å²) in [6.07, 6.45) is 0. The lowest BCUT2D eigenvalue weighted by atomic mass is 9.73. The highest BCUT2D eigenvalue weighted by molar-refractivity contribution is 6.65. The topological polar surface area (TPSA) is 31.6 Å². The molecule has 1 aromatic heterocycles. The molecular formula is C24H29BO3. The first-order valence-electron chi connectivity index (χ1n) is 9.97. The summed E-state index contributed by atoms with van der Waals surface area (Å²) in [5.41, 5.74) is 3.41. The van der Waals surface area contributed by atoms with Gasteiger partial charge in [-0.1, -0.05) is 57.2 Å². The molecule has 0 saturated carbocycles. The number of hydrogen-bond donors (Lipinski definition) is 0. The van der Waals surface area contributed by atoms with Crippen LogP contribution in [0.25, 0.3) is 22.3 Å². The molecule has 3 nitrogen and oxygen atoms in total. The van der Waals surface area contributed by atoms with Crippen LogP contribution in [0.1, 0.15) is 54.0 Å². The maximum absolute atomic E-state index is 6.38. The fourth-order valence-electron chi connectivity index (χ4n) is 3.51. The third-order valence-electron chi connectivity index (χ3n) is 6.10. The molecule has 1 saturated heterocycles. The van der Waals surface area contributed by atoms with E-state index in [2.05, 4.69) is 78.8 Å². The Morgan fingerprint density at radius 2 is 1.43 bits per heavy atom. The van der Waals surface area contributed by atoms with Gasteiger partial charge >= 0.3 is 7.12 Å². The Morgan fingerprint density at radius 3 is 2.00 bits per heavy atom. The average molecular weight is 376 g/mol. The molecule has 3 aromatic rings. The highest BCUT2D eigenvalue weighted by Gasteiger charge is 2.52. The van der Waals surface area contributed by atoms with Gasteiger partial charge in [-0.25, -0.2) is 0 Å². The molecule has 146 valence electrons. The van der Waals surface area contributed by atoms with Crippen molar-refractivity contribution < 1.29 is 13.7 Å². The predicted molar refractivity (Wildman–Crippen MR) is 116 cm³/mol. The van der Waals surface area contributed by atoms with Gasteiger partial charge in [0.2, 0.25) is 0 Å². The van der Waals surface area contributed by atoms with E-state index in [1.807, 2.05) is 18.2 Å². The Balaban J connectivity index is 1.90. The first-order valence-corrected chi connectivity index (χ1v) is 9.97. The summed E-state index contributed by atoms with van der Waals surface area (Å²) in [7, 11) is -0.420. The summed E-state index contributed by atoms with van der Waals surface area (Å²) in [5.74, 6) is 0.861. The molecule has 28 heavy (non-hydrogen) atoms. The lowest BCUT2D eigenvalue weighted by molar-refractivity contribution is 0.00578. The number of rotatable bonds is 2. The van der Waals surface area contributed by atoms with Crippen molar-refractivity contribution in [2.24, 2.45) is 0 Å². The van der Waals surface area contributed by atoms with E-state index in [-0.39, 0.29) is 16.6 Å². The Hall–Kier alpha value is -2.04. The minimum atomic E-state index is -0.420. The van der Waals surface area contributed by atoms with E-state index in [0.717, 1.165) is 27.8 Å². The Labute approximate surface area is 168 Å². The lowest BCUT2D eigenvalue weighted by Gasteiger charge is -2.32. The quantitative estimate of drug-likeness (QED) is 0.538. The lowest BCUT2D eigenvalue weighted by Crippen LogP contribution is -2.41. The largest absolute Gasteiger partial charge is 0.495 e. The second-order valence-electron chi connectivity index (χ2n) is 9.79. The molecule has 1 aliphatic heterocycles. The van der Waals surface area contributed by atoms with Crippen molar-refractivity contribution in [2.75, 3.05) is 0 Å². The molecule has 2 aromatic carbocycles. The zero-order valence-electron chi connectivity index (χ0n) is 17.9. The zero-order valence-corrected chi connectivity index (χ0v) is 17.9. The summed E-state index contributed by atoms with van der Waals surface area (Å²) in [6.45, 7) is 15.0. The van der Waals surface area contributed by atoms with Gasteiger partial charge in [-0.15, -0.1) is 0 Å². The van der Waals surface area contributed by atoms with Gasteiger partial charge in [0.1, 0.15) is 11.3 Å². The van der Waals surface area contributed by atoms with E-state index in [1.165, 1.54) is 5.56 Å². The van der Waals surface area contributed by atoms with Crippen molar-refractivity contribution in [3.63, 3.8) is 0 Å². The summed E-state index contributed by atoms with van der Waals surface area (Å²) in [6, 6.07) is 16.7. The zero-order chi connectivity index (χ0) is 20.3. The van der Waals surface area contributed by atoms with E-state index in [1.54, 1.807) is 0 Å². The molecule has 4 rings (SSSR count). The van der Waals surface area contributed by atoms with Gasteiger partial charge in [0.05, 0.1) is 11.2 Å². The van der Waals surface area contributed by atoms with E-state index in [9.17, 15) is 0 Å². The molecule has 0 unspecified atom stereocenters. The van der Waals surface area contributed by atoms with Crippen LogP contribution in [0.2, 0.25) is 0 Å². The maximum Gasteiger partial charge on any atom is 0.495 e.